The van der Waals surface area contributed by atoms with Gasteiger partial charge in [-0.05, 0) is 128 Å². The van der Waals surface area contributed by atoms with Gasteiger partial charge < -0.3 is 0 Å². The molecule has 0 fully saturated rings. The van der Waals surface area contributed by atoms with Gasteiger partial charge in [-0.15, -0.1) is 0 Å². The van der Waals surface area contributed by atoms with Gasteiger partial charge in [-0.2, -0.15) is 5.26 Å². The van der Waals surface area contributed by atoms with Crippen LogP contribution >= 0.6 is 0 Å². The third-order valence-corrected chi connectivity index (χ3v) is 13.3. The topological polar surface area (TPSA) is 62.5 Å². The summed E-state index contributed by atoms with van der Waals surface area (Å²) in [6, 6.07) is 79.7. The number of hydrogen-bond acceptors (Lipinski definition) is 4. The van der Waals surface area contributed by atoms with Crippen LogP contribution in [0, 0.1) is 11.3 Å². The number of nitriles is 1. The first-order chi connectivity index (χ1) is 32.6. The van der Waals surface area contributed by atoms with E-state index in [2.05, 4.69) is 170 Å². The third kappa shape index (κ3) is 6.10. The van der Waals surface area contributed by atoms with Gasteiger partial charge in [0.1, 0.15) is 0 Å². The molecule has 0 radical (unpaired) electrons. The Balaban J connectivity index is 0.976. The Morgan fingerprint density at radius 2 is 0.727 bits per heavy atom. The number of fused-ring (bicyclic) bond motifs is 2. The molecule has 0 saturated carbocycles. The highest BCUT2D eigenvalue weighted by Gasteiger charge is 2.19. The Morgan fingerprint density at radius 1 is 0.273 bits per heavy atom. The van der Waals surface area contributed by atoms with E-state index in [1.54, 1.807) is 0 Å². The molecular weight excluding hydrogens is 801 g/mol. The maximum absolute atomic E-state index is 9.30. The first-order valence-electron chi connectivity index (χ1n) is 22.2. The number of nitrogens with zero attached hydrogens (tertiary/aromatic N) is 4. The highest BCUT2D eigenvalue weighted by atomic mass is 15.0. The molecule has 66 heavy (non-hydrogen) atoms. The molecule has 0 aliphatic rings. The number of rotatable bonds is 6. The van der Waals surface area contributed by atoms with Crippen molar-refractivity contribution in [1.82, 2.24) is 15.0 Å². The molecule has 0 amide bonds. The summed E-state index contributed by atoms with van der Waals surface area (Å²) in [6.07, 6.45) is 0. The van der Waals surface area contributed by atoms with Gasteiger partial charge in [0.15, 0.2) is 17.5 Å². The normalized spacial score (nSPS) is 11.6. The van der Waals surface area contributed by atoms with Gasteiger partial charge in [0, 0.05) is 16.7 Å². The standard InChI is InChI=1S/C62H36N4/c63-37-38-22-24-39(25-23-38)40-26-31-45(32-27-40)61-64-60(44-10-2-1-3-11-44)65-62(66-61)54-18-5-4-17-50(54)47-16-6-15-46(34-47)49-35-48-33-30-43-13-8-20-52-51-19-7-12-41-28-29-42-14-9-21-53(58(42)56(41)51)55(36-49)59(48)57(43)52/h1-36H. The van der Waals surface area contributed by atoms with Crippen molar-refractivity contribution >= 4 is 64.6 Å². The molecule has 13 rings (SSSR count). The lowest BCUT2D eigenvalue weighted by molar-refractivity contribution is 1.07. The lowest BCUT2D eigenvalue weighted by Crippen LogP contribution is -2.01. The van der Waals surface area contributed by atoms with E-state index < -0.39 is 0 Å². The summed E-state index contributed by atoms with van der Waals surface area (Å²) in [5.41, 5.74) is 9.83. The van der Waals surface area contributed by atoms with Crippen LogP contribution in [0.5, 0.6) is 0 Å². The molecule has 0 spiro atoms. The predicted molar refractivity (Wildman–Crippen MR) is 273 cm³/mol. The molecule has 4 nitrogen and oxygen atoms in total. The fraction of sp³-hybridized carbons (Fsp3) is 0. The fourth-order valence-electron chi connectivity index (χ4n) is 10.1. The average Bonchev–Trinajstić information content (AvgIpc) is 3.39. The summed E-state index contributed by atoms with van der Waals surface area (Å²) >= 11 is 0. The van der Waals surface area contributed by atoms with E-state index in [9.17, 15) is 5.26 Å². The van der Waals surface area contributed by atoms with E-state index >= 15 is 0 Å². The second-order valence-electron chi connectivity index (χ2n) is 17.0. The smallest absolute Gasteiger partial charge is 0.164 e. The van der Waals surface area contributed by atoms with E-state index in [1.165, 1.54) is 64.6 Å². The van der Waals surface area contributed by atoms with Crippen LogP contribution < -0.4 is 0 Å². The summed E-state index contributed by atoms with van der Waals surface area (Å²) < 4.78 is 0. The maximum atomic E-state index is 9.30. The van der Waals surface area contributed by atoms with Crippen molar-refractivity contribution in [2.24, 2.45) is 0 Å². The molecule has 0 N–H and O–H groups in total. The molecule has 0 unspecified atom stereocenters. The second kappa shape index (κ2) is 15.1. The largest absolute Gasteiger partial charge is 0.208 e. The molecule has 0 saturated heterocycles. The van der Waals surface area contributed by atoms with Gasteiger partial charge in [-0.25, -0.2) is 15.0 Å². The van der Waals surface area contributed by atoms with Gasteiger partial charge in [-0.3, -0.25) is 0 Å². The number of hydrogen-bond donors (Lipinski definition) is 0. The number of aromatic nitrogens is 3. The van der Waals surface area contributed by atoms with Crippen molar-refractivity contribution in [3.63, 3.8) is 0 Å². The molecule has 12 aromatic carbocycles. The van der Waals surface area contributed by atoms with Crippen LogP contribution in [-0.2, 0) is 0 Å². The monoisotopic (exact) mass is 836 g/mol. The van der Waals surface area contributed by atoms with Gasteiger partial charge in [0.2, 0.25) is 0 Å². The van der Waals surface area contributed by atoms with Crippen molar-refractivity contribution in [1.29, 1.82) is 5.26 Å². The van der Waals surface area contributed by atoms with Crippen LogP contribution in [0.2, 0.25) is 0 Å². The van der Waals surface area contributed by atoms with E-state index in [1.807, 2.05) is 54.6 Å². The molecule has 4 heteroatoms. The Kier molecular flexibility index (Phi) is 8.56. The molecule has 0 atom stereocenters. The quantitative estimate of drug-likeness (QED) is 0.157. The summed E-state index contributed by atoms with van der Waals surface area (Å²) in [5, 5.41) is 24.5. The Morgan fingerprint density at radius 3 is 1.35 bits per heavy atom. The zero-order chi connectivity index (χ0) is 43.7. The zero-order valence-electron chi connectivity index (χ0n) is 35.6. The Bertz CT molecular complexity index is 4090. The third-order valence-electron chi connectivity index (χ3n) is 13.3. The van der Waals surface area contributed by atoms with Crippen molar-refractivity contribution in [3.8, 4) is 73.6 Å². The summed E-state index contributed by atoms with van der Waals surface area (Å²) in [5.74, 6) is 1.80. The maximum Gasteiger partial charge on any atom is 0.164 e. The van der Waals surface area contributed by atoms with Crippen LogP contribution in [-0.4, -0.2) is 15.0 Å². The fourth-order valence-corrected chi connectivity index (χ4v) is 10.1. The van der Waals surface area contributed by atoms with Crippen LogP contribution in [0.4, 0.5) is 0 Å². The minimum Gasteiger partial charge on any atom is -0.208 e. The highest BCUT2D eigenvalue weighted by molar-refractivity contribution is 6.37. The van der Waals surface area contributed by atoms with Crippen LogP contribution in [0.3, 0.4) is 0 Å². The minimum atomic E-state index is 0.592. The lowest BCUT2D eigenvalue weighted by atomic mass is 9.86. The molecule has 0 aliphatic heterocycles. The van der Waals surface area contributed by atoms with E-state index in [0.717, 1.165) is 50.1 Å². The Hall–Kier alpha value is -9.04. The van der Waals surface area contributed by atoms with Crippen LogP contribution in [0.15, 0.2) is 218 Å². The van der Waals surface area contributed by atoms with Crippen molar-refractivity contribution in [2.75, 3.05) is 0 Å². The van der Waals surface area contributed by atoms with Crippen molar-refractivity contribution in [2.45, 2.75) is 0 Å². The second-order valence-corrected chi connectivity index (χ2v) is 17.0. The zero-order valence-corrected chi connectivity index (χ0v) is 35.6. The highest BCUT2D eigenvalue weighted by Crippen LogP contribution is 2.45. The van der Waals surface area contributed by atoms with E-state index in [0.29, 0.717) is 23.0 Å². The molecular formula is C62H36N4. The predicted octanol–water partition coefficient (Wildman–Crippen LogP) is 16.1. The van der Waals surface area contributed by atoms with E-state index in [4.69, 9.17) is 15.0 Å². The molecule has 304 valence electrons. The minimum absolute atomic E-state index is 0.592. The first kappa shape index (κ1) is 37.5. The van der Waals surface area contributed by atoms with Gasteiger partial charge >= 0.3 is 0 Å². The lowest BCUT2D eigenvalue weighted by Gasteiger charge is -2.17. The molecule has 1 heterocycles. The number of benzene rings is 11. The SMILES string of the molecule is N#Cc1ccc(-c2ccc(-c3nc(-c4ccccc4)nc(-c4ccccc4-c4cccc(-c5cc6ccc7cccc8c9cccc%10ccc%11cccc(c(c5)c6c78)c%11c%109)c4)n3)cc2)cc1. The van der Waals surface area contributed by atoms with Crippen molar-refractivity contribution in [3.05, 3.63) is 224 Å². The first-order valence-corrected chi connectivity index (χ1v) is 22.2. The molecule has 0 bridgehead atoms. The molecule has 1 aromatic heterocycles. The van der Waals surface area contributed by atoms with Gasteiger partial charge in [0.25, 0.3) is 0 Å². The van der Waals surface area contributed by atoms with Gasteiger partial charge in [0.05, 0.1) is 11.6 Å². The van der Waals surface area contributed by atoms with Gasteiger partial charge in [-0.1, -0.05) is 188 Å². The van der Waals surface area contributed by atoms with Crippen LogP contribution in [0.25, 0.3) is 132 Å². The Labute approximate surface area is 380 Å². The van der Waals surface area contributed by atoms with Crippen molar-refractivity contribution < 1.29 is 0 Å². The summed E-state index contributed by atoms with van der Waals surface area (Å²) in [6.45, 7) is 0. The molecule has 0 aliphatic carbocycles. The summed E-state index contributed by atoms with van der Waals surface area (Å²) in [4.78, 5) is 15.4. The summed E-state index contributed by atoms with van der Waals surface area (Å²) in [7, 11) is 0. The van der Waals surface area contributed by atoms with Crippen LogP contribution in [0.1, 0.15) is 5.56 Å². The molecule has 13 aromatic rings. The van der Waals surface area contributed by atoms with E-state index in [-0.39, 0.29) is 0 Å². The average molecular weight is 837 g/mol.